The maximum absolute atomic E-state index is 12.5. The first-order valence-electron chi connectivity index (χ1n) is 3.82. The van der Waals surface area contributed by atoms with Crippen LogP contribution in [0.2, 0.25) is 0 Å². The van der Waals surface area contributed by atoms with Gasteiger partial charge in [0.05, 0.1) is 6.61 Å². The molecule has 1 unspecified atom stereocenters. The fourth-order valence-corrected chi connectivity index (χ4v) is 1.31. The van der Waals surface area contributed by atoms with Gasteiger partial charge in [-0.15, -0.1) is 0 Å². The lowest BCUT2D eigenvalue weighted by atomic mass is 10.2. The molecule has 14 heavy (non-hydrogen) atoms. The second kappa shape index (κ2) is 5.07. The van der Waals surface area contributed by atoms with E-state index in [-0.39, 0.29) is 6.61 Å². The van der Waals surface area contributed by atoms with E-state index in [1.807, 2.05) is 6.07 Å². The maximum atomic E-state index is 12.5. The summed E-state index contributed by atoms with van der Waals surface area (Å²) in [5, 5.41) is 8.21. The predicted octanol–water partition coefficient (Wildman–Crippen LogP) is 2.35. The fourth-order valence-electron chi connectivity index (χ4n) is 0.867. The number of rotatable bonds is 4. The lowest BCUT2D eigenvalue weighted by Gasteiger charge is -2.05. The Hall–Kier alpha value is -0.940. The summed E-state index contributed by atoms with van der Waals surface area (Å²) in [4.78, 5) is 10.1. The van der Waals surface area contributed by atoms with Crippen molar-refractivity contribution in [1.82, 2.24) is 0 Å². The molecule has 1 rings (SSSR count). The highest BCUT2D eigenvalue weighted by Crippen LogP contribution is 2.13. The number of hydrogen-bond acceptors (Lipinski definition) is 2. The largest absolute Gasteiger partial charge is 0.477 e. The van der Waals surface area contributed by atoms with Crippen molar-refractivity contribution in [2.24, 2.45) is 0 Å². The van der Waals surface area contributed by atoms with Crippen molar-refractivity contribution in [3.8, 4) is 0 Å². The highest BCUT2D eigenvalue weighted by Gasteiger charge is 2.15. The number of carboxylic acids is 1. The van der Waals surface area contributed by atoms with Crippen LogP contribution in [-0.4, -0.2) is 17.4 Å². The zero-order valence-electron chi connectivity index (χ0n) is 7.11. The van der Waals surface area contributed by atoms with E-state index in [0.29, 0.717) is 5.56 Å². The minimum Gasteiger partial charge on any atom is -0.477 e. The summed E-state index contributed by atoms with van der Waals surface area (Å²) < 4.78 is 17.8. The Morgan fingerprint density at radius 2 is 2.36 bits per heavy atom. The number of ether oxygens (including phenoxy) is 1. The molecule has 0 bridgehead atoms. The number of aliphatic carboxylic acids is 1. The van der Waals surface area contributed by atoms with Gasteiger partial charge in [-0.05, 0) is 17.7 Å². The van der Waals surface area contributed by atoms with E-state index < -0.39 is 12.3 Å². The summed E-state index contributed by atoms with van der Waals surface area (Å²) in [5.41, 5.74) is 0.711. The molecule has 1 aromatic rings. The Balaban J connectivity index is 2.49. The molecule has 0 saturated carbocycles. The highest BCUT2D eigenvalue weighted by molar-refractivity contribution is 9.10. The van der Waals surface area contributed by atoms with Crippen LogP contribution < -0.4 is 0 Å². The zero-order chi connectivity index (χ0) is 10.6. The van der Waals surface area contributed by atoms with E-state index in [2.05, 4.69) is 20.7 Å². The van der Waals surface area contributed by atoms with E-state index in [9.17, 15) is 9.18 Å². The second-order valence-corrected chi connectivity index (χ2v) is 3.51. The summed E-state index contributed by atoms with van der Waals surface area (Å²) in [6.45, 7) is -0.0626. The Kier molecular flexibility index (Phi) is 4.03. The van der Waals surface area contributed by atoms with Crippen molar-refractivity contribution in [2.75, 3.05) is 0 Å². The van der Waals surface area contributed by atoms with Gasteiger partial charge >= 0.3 is 5.97 Å². The lowest BCUT2D eigenvalue weighted by molar-refractivity contribution is -0.164. The highest BCUT2D eigenvalue weighted by atomic mass is 79.9. The molecule has 0 amide bonds. The molecular weight excluding hydrogens is 255 g/mol. The van der Waals surface area contributed by atoms with Gasteiger partial charge in [0.25, 0.3) is 6.36 Å². The van der Waals surface area contributed by atoms with Crippen molar-refractivity contribution in [3.63, 3.8) is 0 Å². The standard InChI is InChI=1S/C9H8BrFO3/c10-7-3-1-2-6(4-7)5-14-8(11)9(12)13/h1-4,8H,5H2,(H,12,13). The molecule has 0 saturated heterocycles. The average Bonchev–Trinajstić information content (AvgIpc) is 2.14. The molecule has 0 radical (unpaired) electrons. The van der Waals surface area contributed by atoms with Crippen LogP contribution in [0.25, 0.3) is 0 Å². The third-order valence-corrected chi connectivity index (χ3v) is 1.97. The first kappa shape index (κ1) is 11.1. The molecule has 0 aliphatic carbocycles. The molecule has 0 heterocycles. The normalized spacial score (nSPS) is 12.4. The van der Waals surface area contributed by atoms with Crippen LogP contribution in [0, 0.1) is 0 Å². The van der Waals surface area contributed by atoms with E-state index >= 15 is 0 Å². The summed E-state index contributed by atoms with van der Waals surface area (Å²) in [7, 11) is 0. The van der Waals surface area contributed by atoms with Crippen LogP contribution >= 0.6 is 15.9 Å². The van der Waals surface area contributed by atoms with Gasteiger partial charge in [0.15, 0.2) is 0 Å². The molecule has 1 atom stereocenters. The summed E-state index contributed by atoms with van der Waals surface area (Å²) in [6.07, 6.45) is -2.27. The van der Waals surface area contributed by atoms with Crippen molar-refractivity contribution in [1.29, 1.82) is 0 Å². The van der Waals surface area contributed by atoms with Crippen LogP contribution in [0.5, 0.6) is 0 Å². The summed E-state index contributed by atoms with van der Waals surface area (Å²) >= 11 is 3.23. The van der Waals surface area contributed by atoms with E-state index in [0.717, 1.165) is 4.47 Å². The quantitative estimate of drug-likeness (QED) is 0.906. The van der Waals surface area contributed by atoms with Gasteiger partial charge in [0.2, 0.25) is 0 Å². The van der Waals surface area contributed by atoms with E-state index in [1.165, 1.54) is 0 Å². The number of carbonyl (C=O) groups is 1. The van der Waals surface area contributed by atoms with Crippen molar-refractivity contribution in [3.05, 3.63) is 34.3 Å². The topological polar surface area (TPSA) is 46.5 Å². The number of alkyl halides is 1. The van der Waals surface area contributed by atoms with Crippen LogP contribution in [0.15, 0.2) is 28.7 Å². The molecule has 0 spiro atoms. The van der Waals surface area contributed by atoms with Crippen molar-refractivity contribution >= 4 is 21.9 Å². The first-order valence-corrected chi connectivity index (χ1v) is 4.62. The van der Waals surface area contributed by atoms with Gasteiger partial charge in [0, 0.05) is 4.47 Å². The van der Waals surface area contributed by atoms with Crippen LogP contribution in [0.1, 0.15) is 5.56 Å². The van der Waals surface area contributed by atoms with Gasteiger partial charge in [-0.1, -0.05) is 28.1 Å². The monoisotopic (exact) mass is 262 g/mol. The second-order valence-electron chi connectivity index (χ2n) is 2.60. The van der Waals surface area contributed by atoms with Crippen LogP contribution in [0.4, 0.5) is 4.39 Å². The molecule has 3 nitrogen and oxygen atoms in total. The molecule has 1 aromatic carbocycles. The molecule has 0 aliphatic rings. The Labute approximate surface area is 88.6 Å². The van der Waals surface area contributed by atoms with Gasteiger partial charge in [-0.2, -0.15) is 0 Å². The molecule has 76 valence electrons. The predicted molar refractivity (Wildman–Crippen MR) is 51.5 cm³/mol. The third-order valence-electron chi connectivity index (χ3n) is 1.48. The average molecular weight is 263 g/mol. The van der Waals surface area contributed by atoms with Crippen molar-refractivity contribution in [2.45, 2.75) is 13.0 Å². The number of benzene rings is 1. The molecule has 0 fully saturated rings. The van der Waals surface area contributed by atoms with E-state index in [1.54, 1.807) is 18.2 Å². The van der Waals surface area contributed by atoms with Gasteiger partial charge in [-0.25, -0.2) is 9.18 Å². The van der Waals surface area contributed by atoms with Gasteiger partial charge < -0.3 is 9.84 Å². The van der Waals surface area contributed by atoms with Crippen molar-refractivity contribution < 1.29 is 19.0 Å². The van der Waals surface area contributed by atoms with E-state index in [4.69, 9.17) is 5.11 Å². The Morgan fingerprint density at radius 1 is 1.64 bits per heavy atom. The molecule has 0 aliphatic heterocycles. The zero-order valence-corrected chi connectivity index (χ0v) is 8.70. The van der Waals surface area contributed by atoms with Gasteiger partial charge in [-0.3, -0.25) is 0 Å². The maximum Gasteiger partial charge on any atom is 0.366 e. The smallest absolute Gasteiger partial charge is 0.366 e. The van der Waals surface area contributed by atoms with Crippen LogP contribution in [0.3, 0.4) is 0 Å². The summed E-state index contributed by atoms with van der Waals surface area (Å²) in [6, 6.07) is 7.03. The number of hydrogen-bond donors (Lipinski definition) is 1. The van der Waals surface area contributed by atoms with Crippen LogP contribution in [-0.2, 0) is 16.1 Å². The van der Waals surface area contributed by atoms with Gasteiger partial charge in [0.1, 0.15) is 0 Å². The number of halogens is 2. The number of carboxylic acid groups (broad SMARTS) is 1. The molecule has 1 N–H and O–H groups in total. The minimum atomic E-state index is -2.27. The Bertz CT molecular complexity index is 330. The molecule has 0 aromatic heterocycles. The first-order chi connectivity index (χ1) is 6.59. The minimum absolute atomic E-state index is 0.0626. The summed E-state index contributed by atoms with van der Waals surface area (Å²) in [5.74, 6) is -1.61. The SMILES string of the molecule is O=C(O)C(F)OCc1cccc(Br)c1. The third kappa shape index (κ3) is 3.43. The lowest BCUT2D eigenvalue weighted by Crippen LogP contribution is -2.17. The molecular formula is C9H8BrFO3. The Morgan fingerprint density at radius 3 is 2.93 bits per heavy atom. The fraction of sp³-hybridized carbons (Fsp3) is 0.222. The molecule has 5 heteroatoms.